The van der Waals surface area contributed by atoms with Crippen molar-refractivity contribution in [3.63, 3.8) is 0 Å². The van der Waals surface area contributed by atoms with Crippen molar-refractivity contribution in [2.24, 2.45) is 5.92 Å². The van der Waals surface area contributed by atoms with Gasteiger partial charge in [0.15, 0.2) is 0 Å². The molecule has 0 heterocycles. The number of unbranched alkanes of at least 4 members (excludes halogenated alkanes) is 2. The number of rotatable bonds is 6. The van der Waals surface area contributed by atoms with Crippen LogP contribution in [0.15, 0.2) is 0 Å². The molecular weight excluding hydrogens is 270 g/mol. The summed E-state index contributed by atoms with van der Waals surface area (Å²) in [6.07, 6.45) is 8.80. The van der Waals surface area contributed by atoms with Crippen LogP contribution in [0.2, 0.25) is 0 Å². The standard InChI is InChI=1S/C12H22BrNO2/c13-9-3-1-2-4-10-5-7-11(8-6-10)14-12(15)16/h10-11,14H,1-9H2,(H,15,16). The number of halogens is 1. The minimum atomic E-state index is -0.874. The smallest absolute Gasteiger partial charge is 0.404 e. The zero-order chi connectivity index (χ0) is 11.8. The van der Waals surface area contributed by atoms with Crippen molar-refractivity contribution in [3.8, 4) is 0 Å². The summed E-state index contributed by atoms with van der Waals surface area (Å²) in [5, 5.41) is 12.3. The zero-order valence-electron chi connectivity index (χ0n) is 9.75. The maximum absolute atomic E-state index is 10.5. The molecule has 0 bridgehead atoms. The van der Waals surface area contributed by atoms with Crippen molar-refractivity contribution in [1.82, 2.24) is 5.32 Å². The maximum Gasteiger partial charge on any atom is 0.404 e. The number of hydrogen-bond donors (Lipinski definition) is 2. The van der Waals surface area contributed by atoms with E-state index in [9.17, 15) is 4.79 Å². The van der Waals surface area contributed by atoms with E-state index in [0.29, 0.717) is 0 Å². The lowest BCUT2D eigenvalue weighted by atomic mass is 9.83. The molecule has 2 N–H and O–H groups in total. The Hall–Kier alpha value is -0.250. The molecule has 1 saturated carbocycles. The lowest BCUT2D eigenvalue weighted by Gasteiger charge is -2.28. The molecule has 0 aliphatic heterocycles. The largest absolute Gasteiger partial charge is 0.465 e. The Morgan fingerprint density at radius 3 is 2.44 bits per heavy atom. The van der Waals surface area contributed by atoms with Gasteiger partial charge in [0.05, 0.1) is 0 Å². The topological polar surface area (TPSA) is 49.3 Å². The Morgan fingerprint density at radius 2 is 1.88 bits per heavy atom. The fourth-order valence-electron chi connectivity index (χ4n) is 2.47. The third kappa shape index (κ3) is 5.73. The summed E-state index contributed by atoms with van der Waals surface area (Å²) in [6.45, 7) is 0. The first-order chi connectivity index (χ1) is 7.72. The molecule has 1 amide bonds. The van der Waals surface area contributed by atoms with E-state index in [1.54, 1.807) is 0 Å². The van der Waals surface area contributed by atoms with Crippen LogP contribution in [0, 0.1) is 5.92 Å². The fourth-order valence-corrected chi connectivity index (χ4v) is 2.87. The molecule has 1 aliphatic rings. The highest BCUT2D eigenvalue weighted by atomic mass is 79.9. The van der Waals surface area contributed by atoms with E-state index >= 15 is 0 Å². The molecule has 0 aromatic rings. The van der Waals surface area contributed by atoms with Gasteiger partial charge in [0.25, 0.3) is 0 Å². The molecule has 0 aromatic carbocycles. The van der Waals surface area contributed by atoms with Crippen molar-refractivity contribution >= 4 is 22.0 Å². The summed E-state index contributed by atoms with van der Waals surface area (Å²) < 4.78 is 0. The highest BCUT2D eigenvalue weighted by Gasteiger charge is 2.21. The van der Waals surface area contributed by atoms with Crippen LogP contribution in [0.3, 0.4) is 0 Å². The normalized spacial score (nSPS) is 25.3. The Kier molecular flexibility index (Phi) is 6.85. The van der Waals surface area contributed by atoms with Gasteiger partial charge < -0.3 is 10.4 Å². The maximum atomic E-state index is 10.5. The van der Waals surface area contributed by atoms with Gasteiger partial charge in [-0.1, -0.05) is 35.2 Å². The van der Waals surface area contributed by atoms with Gasteiger partial charge in [0, 0.05) is 11.4 Å². The van der Waals surface area contributed by atoms with Crippen molar-refractivity contribution in [1.29, 1.82) is 0 Å². The number of alkyl halides is 1. The average Bonchev–Trinajstić information content (AvgIpc) is 2.26. The molecule has 3 nitrogen and oxygen atoms in total. The summed E-state index contributed by atoms with van der Waals surface area (Å²) in [5.74, 6) is 0.835. The van der Waals surface area contributed by atoms with Crippen molar-refractivity contribution in [2.45, 2.75) is 57.4 Å². The number of nitrogens with one attached hydrogen (secondary N) is 1. The van der Waals surface area contributed by atoms with Crippen LogP contribution in [0.1, 0.15) is 51.4 Å². The van der Waals surface area contributed by atoms with Gasteiger partial charge in [-0.05, 0) is 38.0 Å². The van der Waals surface area contributed by atoms with Crippen LogP contribution in [0.4, 0.5) is 4.79 Å². The van der Waals surface area contributed by atoms with Crippen LogP contribution in [-0.2, 0) is 0 Å². The number of carbonyl (C=O) groups is 1. The van der Waals surface area contributed by atoms with Gasteiger partial charge in [-0.15, -0.1) is 0 Å². The molecule has 0 atom stereocenters. The highest BCUT2D eigenvalue weighted by molar-refractivity contribution is 9.09. The lowest BCUT2D eigenvalue weighted by molar-refractivity contribution is 0.181. The second kappa shape index (κ2) is 7.93. The Balaban J connectivity index is 2.05. The summed E-state index contributed by atoms with van der Waals surface area (Å²) in [5.41, 5.74) is 0. The van der Waals surface area contributed by atoms with Gasteiger partial charge in [-0.25, -0.2) is 4.79 Å². The number of hydrogen-bond acceptors (Lipinski definition) is 1. The molecule has 94 valence electrons. The van der Waals surface area contributed by atoms with Crippen LogP contribution < -0.4 is 5.32 Å². The summed E-state index contributed by atoms with van der Waals surface area (Å²) >= 11 is 3.44. The summed E-state index contributed by atoms with van der Waals surface area (Å²) in [4.78, 5) is 10.5. The first-order valence-corrected chi connectivity index (χ1v) is 7.40. The van der Waals surface area contributed by atoms with Crippen LogP contribution in [0.25, 0.3) is 0 Å². The third-order valence-corrected chi connectivity index (χ3v) is 3.98. The molecule has 1 fully saturated rings. The molecular formula is C12H22BrNO2. The quantitative estimate of drug-likeness (QED) is 0.578. The fraction of sp³-hybridized carbons (Fsp3) is 0.917. The predicted molar refractivity (Wildman–Crippen MR) is 69.2 cm³/mol. The van der Waals surface area contributed by atoms with Crippen LogP contribution in [0.5, 0.6) is 0 Å². The zero-order valence-corrected chi connectivity index (χ0v) is 11.3. The number of amides is 1. The molecule has 0 saturated heterocycles. The first kappa shape index (κ1) is 13.8. The highest BCUT2D eigenvalue weighted by Crippen LogP contribution is 2.28. The SMILES string of the molecule is O=C(O)NC1CCC(CCCCCBr)CC1. The van der Waals surface area contributed by atoms with Gasteiger partial charge in [-0.2, -0.15) is 0 Å². The van der Waals surface area contributed by atoms with Crippen molar-refractivity contribution < 1.29 is 9.90 Å². The molecule has 1 rings (SSSR count). The van der Waals surface area contributed by atoms with E-state index < -0.39 is 6.09 Å². The molecule has 0 spiro atoms. The van der Waals surface area contributed by atoms with E-state index in [1.807, 2.05) is 0 Å². The summed E-state index contributed by atoms with van der Waals surface area (Å²) in [6, 6.07) is 0.205. The average molecular weight is 292 g/mol. The monoisotopic (exact) mass is 291 g/mol. The molecule has 0 radical (unpaired) electrons. The van der Waals surface area contributed by atoms with E-state index in [2.05, 4.69) is 21.2 Å². The van der Waals surface area contributed by atoms with Gasteiger partial charge in [0.1, 0.15) is 0 Å². The molecule has 16 heavy (non-hydrogen) atoms. The van der Waals surface area contributed by atoms with Crippen molar-refractivity contribution in [3.05, 3.63) is 0 Å². The van der Waals surface area contributed by atoms with Crippen LogP contribution in [-0.4, -0.2) is 22.6 Å². The Bertz CT molecular complexity index is 203. The van der Waals surface area contributed by atoms with E-state index in [0.717, 1.165) is 24.1 Å². The molecule has 4 heteroatoms. The second-order valence-corrected chi connectivity index (χ2v) is 5.50. The first-order valence-electron chi connectivity index (χ1n) is 6.27. The summed E-state index contributed by atoms with van der Waals surface area (Å²) in [7, 11) is 0. The lowest BCUT2D eigenvalue weighted by Crippen LogP contribution is -2.36. The minimum Gasteiger partial charge on any atom is -0.465 e. The van der Waals surface area contributed by atoms with Crippen molar-refractivity contribution in [2.75, 3.05) is 5.33 Å². The van der Waals surface area contributed by atoms with Gasteiger partial charge in [-0.3, -0.25) is 0 Å². The van der Waals surface area contributed by atoms with E-state index in [1.165, 1.54) is 38.5 Å². The van der Waals surface area contributed by atoms with Crippen LogP contribution >= 0.6 is 15.9 Å². The van der Waals surface area contributed by atoms with Gasteiger partial charge in [0.2, 0.25) is 0 Å². The van der Waals surface area contributed by atoms with Gasteiger partial charge >= 0.3 is 6.09 Å². The third-order valence-electron chi connectivity index (χ3n) is 3.42. The molecule has 0 aromatic heterocycles. The number of carboxylic acid groups (broad SMARTS) is 1. The Labute approximate surface area is 106 Å². The molecule has 0 unspecified atom stereocenters. The minimum absolute atomic E-state index is 0.205. The Morgan fingerprint density at radius 1 is 1.19 bits per heavy atom. The van der Waals surface area contributed by atoms with E-state index in [4.69, 9.17) is 5.11 Å². The van der Waals surface area contributed by atoms with E-state index in [-0.39, 0.29) is 6.04 Å². The second-order valence-electron chi connectivity index (χ2n) is 4.71. The predicted octanol–water partition coefficient (Wildman–Crippen LogP) is 3.77. The molecule has 1 aliphatic carbocycles.